The van der Waals surface area contributed by atoms with Gasteiger partial charge in [0.25, 0.3) is 5.91 Å². The third kappa shape index (κ3) is 4.03. The molecule has 0 radical (unpaired) electrons. The Balaban J connectivity index is 2.52. The van der Waals surface area contributed by atoms with Gasteiger partial charge in [0.15, 0.2) is 0 Å². The van der Waals surface area contributed by atoms with Crippen LogP contribution in [-0.2, 0) is 14.8 Å². The molecule has 10 heteroatoms. The highest BCUT2D eigenvalue weighted by molar-refractivity contribution is 7.88. The van der Waals surface area contributed by atoms with Gasteiger partial charge >= 0.3 is 12.3 Å². The van der Waals surface area contributed by atoms with Crippen molar-refractivity contribution in [3.05, 3.63) is 0 Å². The molecular weight excluding hydrogens is 292 g/mol. The van der Waals surface area contributed by atoms with Crippen LogP contribution in [0.15, 0.2) is 0 Å². The Morgan fingerprint density at radius 3 is 2.16 bits per heavy atom. The SMILES string of the molecule is CS(=O)(=O)N1CCC(NC(=O)C(F)(F)C(F)F)CC1. The van der Waals surface area contributed by atoms with Crippen LogP contribution in [0, 0.1) is 0 Å². The van der Waals surface area contributed by atoms with Crippen molar-refractivity contribution in [1.29, 1.82) is 0 Å². The van der Waals surface area contributed by atoms with E-state index in [1.54, 1.807) is 0 Å². The van der Waals surface area contributed by atoms with Gasteiger partial charge in [-0.15, -0.1) is 0 Å². The number of alkyl halides is 4. The van der Waals surface area contributed by atoms with Crippen LogP contribution >= 0.6 is 0 Å². The molecule has 0 spiro atoms. The number of carbonyl (C=O) groups is 1. The molecular formula is C9H14F4N2O3S. The minimum absolute atomic E-state index is 0.0596. The van der Waals surface area contributed by atoms with Crippen molar-refractivity contribution in [3.63, 3.8) is 0 Å². The first-order valence-electron chi connectivity index (χ1n) is 5.47. The second-order valence-electron chi connectivity index (χ2n) is 4.33. The van der Waals surface area contributed by atoms with E-state index >= 15 is 0 Å². The van der Waals surface area contributed by atoms with Crippen LogP contribution in [0.5, 0.6) is 0 Å². The van der Waals surface area contributed by atoms with Crippen molar-refractivity contribution in [1.82, 2.24) is 9.62 Å². The molecule has 1 saturated heterocycles. The molecule has 19 heavy (non-hydrogen) atoms. The maximum Gasteiger partial charge on any atom is 0.383 e. The van der Waals surface area contributed by atoms with Gasteiger partial charge in [-0.25, -0.2) is 21.5 Å². The number of amides is 1. The van der Waals surface area contributed by atoms with Crippen LogP contribution in [0.25, 0.3) is 0 Å². The molecule has 1 aliphatic rings. The maximum atomic E-state index is 12.7. The Bertz CT molecular complexity index is 433. The smallest absolute Gasteiger partial charge is 0.348 e. The number of halogens is 4. The molecule has 0 aliphatic carbocycles. The molecule has 5 nitrogen and oxygen atoms in total. The summed E-state index contributed by atoms with van der Waals surface area (Å²) in [5.41, 5.74) is 0. The highest BCUT2D eigenvalue weighted by Gasteiger charge is 2.49. The van der Waals surface area contributed by atoms with Gasteiger partial charge in [0, 0.05) is 19.1 Å². The average molecular weight is 306 g/mol. The topological polar surface area (TPSA) is 66.5 Å². The average Bonchev–Trinajstić information content (AvgIpc) is 2.28. The minimum Gasteiger partial charge on any atom is -0.348 e. The van der Waals surface area contributed by atoms with Crippen molar-refractivity contribution in [2.45, 2.75) is 31.2 Å². The number of nitrogens with one attached hydrogen (secondary N) is 1. The van der Waals surface area contributed by atoms with Gasteiger partial charge in [0.1, 0.15) is 0 Å². The fraction of sp³-hybridized carbons (Fsp3) is 0.889. The van der Waals surface area contributed by atoms with Crippen molar-refractivity contribution in [2.24, 2.45) is 0 Å². The van der Waals surface area contributed by atoms with Gasteiger partial charge in [0.2, 0.25) is 10.0 Å². The van der Waals surface area contributed by atoms with Crippen LogP contribution in [0.2, 0.25) is 0 Å². The van der Waals surface area contributed by atoms with Gasteiger partial charge in [0.05, 0.1) is 6.26 Å². The Hall–Kier alpha value is -0.900. The first-order chi connectivity index (χ1) is 8.55. The summed E-state index contributed by atoms with van der Waals surface area (Å²) in [6.07, 6.45) is -2.84. The molecule has 1 aliphatic heterocycles. The molecule has 0 saturated carbocycles. The lowest BCUT2D eigenvalue weighted by Crippen LogP contribution is -2.52. The van der Waals surface area contributed by atoms with Crippen LogP contribution in [-0.4, -0.2) is 56.4 Å². The number of nitrogens with zero attached hydrogens (tertiary/aromatic N) is 1. The fourth-order valence-corrected chi connectivity index (χ4v) is 2.59. The fourth-order valence-electron chi connectivity index (χ4n) is 1.71. The minimum atomic E-state index is -4.73. The number of sulfonamides is 1. The molecule has 1 rings (SSSR count). The summed E-state index contributed by atoms with van der Waals surface area (Å²) >= 11 is 0. The summed E-state index contributed by atoms with van der Waals surface area (Å²) in [5.74, 6) is -6.76. The molecule has 0 aromatic rings. The van der Waals surface area contributed by atoms with Crippen LogP contribution in [0.1, 0.15) is 12.8 Å². The third-order valence-corrected chi connectivity index (χ3v) is 4.14. The monoisotopic (exact) mass is 306 g/mol. The highest BCUT2D eigenvalue weighted by atomic mass is 32.2. The van der Waals surface area contributed by atoms with E-state index in [1.807, 2.05) is 5.32 Å². The lowest BCUT2D eigenvalue weighted by Gasteiger charge is -2.31. The molecule has 0 aromatic carbocycles. The maximum absolute atomic E-state index is 12.7. The lowest BCUT2D eigenvalue weighted by molar-refractivity contribution is -0.170. The summed E-state index contributed by atoms with van der Waals surface area (Å²) < 4.78 is 72.8. The van der Waals surface area contributed by atoms with Crippen molar-refractivity contribution in [3.8, 4) is 0 Å². The number of carbonyl (C=O) groups excluding carboxylic acids is 1. The zero-order valence-electron chi connectivity index (χ0n) is 10.1. The van der Waals surface area contributed by atoms with Crippen molar-refractivity contribution < 1.29 is 30.8 Å². The summed E-state index contributed by atoms with van der Waals surface area (Å²) in [4.78, 5) is 11.0. The number of hydrogen-bond acceptors (Lipinski definition) is 3. The first-order valence-corrected chi connectivity index (χ1v) is 7.32. The van der Waals surface area contributed by atoms with Crippen LogP contribution in [0.4, 0.5) is 17.6 Å². The van der Waals surface area contributed by atoms with Crippen molar-refractivity contribution >= 4 is 15.9 Å². The second kappa shape index (κ2) is 5.61. The zero-order chi connectivity index (χ0) is 14.8. The Morgan fingerprint density at radius 1 is 1.32 bits per heavy atom. The second-order valence-corrected chi connectivity index (χ2v) is 6.32. The van der Waals surface area contributed by atoms with Gasteiger partial charge in [-0.2, -0.15) is 8.78 Å². The Morgan fingerprint density at radius 2 is 1.79 bits per heavy atom. The van der Waals surface area contributed by atoms with Gasteiger partial charge in [-0.1, -0.05) is 0 Å². The molecule has 1 N–H and O–H groups in total. The van der Waals surface area contributed by atoms with Gasteiger partial charge in [-0.05, 0) is 12.8 Å². The molecule has 1 fully saturated rings. The van der Waals surface area contributed by atoms with Crippen molar-refractivity contribution in [2.75, 3.05) is 19.3 Å². The number of rotatable bonds is 4. The molecule has 0 aromatic heterocycles. The number of piperidine rings is 1. The lowest BCUT2D eigenvalue weighted by atomic mass is 10.1. The standard InChI is InChI=1S/C9H14F4N2O3S/c1-19(17,18)15-4-2-6(3-5-15)14-8(16)9(12,13)7(10)11/h6-7H,2-5H2,1H3,(H,14,16). The molecule has 0 atom stereocenters. The van der Waals surface area contributed by atoms with E-state index in [4.69, 9.17) is 0 Å². The molecule has 0 unspecified atom stereocenters. The van der Waals surface area contributed by atoms with Gasteiger partial charge < -0.3 is 5.32 Å². The molecule has 112 valence electrons. The zero-order valence-corrected chi connectivity index (χ0v) is 10.9. The number of hydrogen-bond donors (Lipinski definition) is 1. The Labute approximate surface area is 108 Å². The van der Waals surface area contributed by atoms with E-state index < -0.39 is 34.3 Å². The summed E-state index contributed by atoms with van der Waals surface area (Å²) in [5, 5.41) is 1.82. The van der Waals surface area contributed by atoms with E-state index in [2.05, 4.69) is 0 Å². The molecule has 1 heterocycles. The van der Waals surface area contributed by atoms with Gasteiger partial charge in [-0.3, -0.25) is 4.79 Å². The quantitative estimate of drug-likeness (QED) is 0.766. The highest BCUT2D eigenvalue weighted by Crippen LogP contribution is 2.24. The predicted molar refractivity (Wildman–Crippen MR) is 58.5 cm³/mol. The molecule has 0 bridgehead atoms. The summed E-state index contributed by atoms with van der Waals surface area (Å²) in [7, 11) is -3.37. The van der Waals surface area contributed by atoms with E-state index in [9.17, 15) is 30.8 Å². The third-order valence-electron chi connectivity index (χ3n) is 2.83. The first kappa shape index (κ1) is 16.2. The summed E-state index contributed by atoms with van der Waals surface area (Å²) in [6, 6.07) is -0.727. The summed E-state index contributed by atoms with van der Waals surface area (Å²) in [6.45, 7) is 0.119. The normalized spacial score (nSPS) is 19.7. The Kier molecular flexibility index (Phi) is 4.77. The van der Waals surface area contributed by atoms with E-state index in [1.165, 1.54) is 0 Å². The largest absolute Gasteiger partial charge is 0.383 e. The molecule has 1 amide bonds. The predicted octanol–water partition coefficient (Wildman–Crippen LogP) is 0.427. The van der Waals surface area contributed by atoms with Crippen LogP contribution in [0.3, 0.4) is 0 Å². The van der Waals surface area contributed by atoms with Crippen LogP contribution < -0.4 is 5.32 Å². The van der Waals surface area contributed by atoms with E-state index in [0.717, 1.165) is 10.6 Å². The van der Waals surface area contributed by atoms with E-state index in [0.29, 0.717) is 0 Å². The van der Waals surface area contributed by atoms with E-state index in [-0.39, 0.29) is 25.9 Å².